The third-order valence-corrected chi connectivity index (χ3v) is 3.79. The van der Waals surface area contributed by atoms with Crippen molar-refractivity contribution in [1.29, 1.82) is 0 Å². The van der Waals surface area contributed by atoms with Gasteiger partial charge in [-0.25, -0.2) is 4.79 Å². The van der Waals surface area contributed by atoms with Gasteiger partial charge in [0.05, 0.1) is 21.3 Å². The number of nitrogens with one attached hydrogen (secondary N) is 1. The van der Waals surface area contributed by atoms with E-state index in [1.54, 1.807) is 36.4 Å². The van der Waals surface area contributed by atoms with Crippen molar-refractivity contribution < 1.29 is 28.9 Å². The highest BCUT2D eigenvalue weighted by atomic mass is 16.5. The van der Waals surface area contributed by atoms with Gasteiger partial charge in [0.25, 0.3) is 5.91 Å². The van der Waals surface area contributed by atoms with Gasteiger partial charge >= 0.3 is 5.97 Å². The molecule has 0 aliphatic rings. The van der Waals surface area contributed by atoms with Gasteiger partial charge in [-0.2, -0.15) is 0 Å². The van der Waals surface area contributed by atoms with Gasteiger partial charge in [0.2, 0.25) is 5.75 Å². The molecular formula is C20H21NO6. The first-order valence-corrected chi connectivity index (χ1v) is 8.02. The Hall–Kier alpha value is -3.48. The fourth-order valence-corrected chi connectivity index (χ4v) is 2.40. The molecule has 0 saturated carbocycles. The average molecular weight is 371 g/mol. The summed E-state index contributed by atoms with van der Waals surface area (Å²) in [5.74, 6) is -0.659. The molecule has 0 saturated heterocycles. The van der Waals surface area contributed by atoms with Crippen LogP contribution < -0.4 is 19.5 Å². The summed E-state index contributed by atoms with van der Waals surface area (Å²) in [5, 5.41) is 11.9. The molecule has 0 fully saturated rings. The first kappa shape index (κ1) is 19.8. The Kier molecular flexibility index (Phi) is 6.43. The SMILES string of the molecule is COc1cc(C=C(NC(=O)c2ccc(C)cc2)C(=O)O)cc(OC)c1OC. The summed E-state index contributed by atoms with van der Waals surface area (Å²) in [7, 11) is 4.39. The number of rotatable bonds is 7. The summed E-state index contributed by atoms with van der Waals surface area (Å²) in [6, 6.07) is 9.98. The Morgan fingerprint density at radius 2 is 1.52 bits per heavy atom. The van der Waals surface area contributed by atoms with E-state index in [0.717, 1.165) is 5.56 Å². The van der Waals surface area contributed by atoms with E-state index >= 15 is 0 Å². The standard InChI is InChI=1S/C20H21NO6/c1-12-5-7-14(8-6-12)19(22)21-15(20(23)24)9-13-10-16(25-2)18(27-4)17(11-13)26-3/h5-11H,1-4H3,(H,21,22)(H,23,24). The molecule has 0 aliphatic carbocycles. The van der Waals surface area contributed by atoms with Crippen LogP contribution in [0.25, 0.3) is 6.08 Å². The first-order chi connectivity index (χ1) is 12.9. The van der Waals surface area contributed by atoms with Crippen molar-refractivity contribution >= 4 is 18.0 Å². The highest BCUT2D eigenvalue weighted by Crippen LogP contribution is 2.38. The number of aryl methyl sites for hydroxylation is 1. The van der Waals surface area contributed by atoms with Crippen LogP contribution in [-0.2, 0) is 4.79 Å². The molecule has 0 radical (unpaired) electrons. The van der Waals surface area contributed by atoms with Crippen molar-refractivity contribution in [2.75, 3.05) is 21.3 Å². The third-order valence-electron chi connectivity index (χ3n) is 3.79. The second kappa shape index (κ2) is 8.75. The minimum Gasteiger partial charge on any atom is -0.493 e. The van der Waals surface area contributed by atoms with Crippen LogP contribution in [0.3, 0.4) is 0 Å². The van der Waals surface area contributed by atoms with Crippen molar-refractivity contribution in [1.82, 2.24) is 5.32 Å². The summed E-state index contributed by atoms with van der Waals surface area (Å²) in [6.07, 6.45) is 1.32. The van der Waals surface area contributed by atoms with E-state index < -0.39 is 11.9 Å². The second-order valence-corrected chi connectivity index (χ2v) is 5.64. The smallest absolute Gasteiger partial charge is 0.352 e. The number of ether oxygens (including phenoxy) is 3. The zero-order valence-corrected chi connectivity index (χ0v) is 15.5. The maximum Gasteiger partial charge on any atom is 0.352 e. The van der Waals surface area contributed by atoms with Crippen LogP contribution in [0.4, 0.5) is 0 Å². The number of carboxylic acids is 1. The number of methoxy groups -OCH3 is 3. The van der Waals surface area contributed by atoms with E-state index in [9.17, 15) is 14.7 Å². The molecule has 0 aromatic heterocycles. The summed E-state index contributed by atoms with van der Waals surface area (Å²) in [4.78, 5) is 23.9. The molecule has 2 N–H and O–H groups in total. The number of carboxylic acid groups (broad SMARTS) is 1. The van der Waals surface area contributed by atoms with Crippen LogP contribution in [0.2, 0.25) is 0 Å². The van der Waals surface area contributed by atoms with Crippen molar-refractivity contribution in [3.8, 4) is 17.2 Å². The molecule has 142 valence electrons. The molecule has 0 heterocycles. The summed E-state index contributed by atoms with van der Waals surface area (Å²) < 4.78 is 15.7. The quantitative estimate of drug-likeness (QED) is 0.727. The molecule has 2 aromatic carbocycles. The Labute approximate surface area is 157 Å². The van der Waals surface area contributed by atoms with Crippen molar-refractivity contribution in [2.45, 2.75) is 6.92 Å². The maximum atomic E-state index is 12.3. The van der Waals surface area contributed by atoms with E-state index in [1.807, 2.05) is 6.92 Å². The topological polar surface area (TPSA) is 94.1 Å². The lowest BCUT2D eigenvalue weighted by Gasteiger charge is -2.13. The molecule has 0 atom stereocenters. The Morgan fingerprint density at radius 3 is 1.96 bits per heavy atom. The number of carbonyl (C=O) groups is 2. The number of carbonyl (C=O) groups excluding carboxylic acids is 1. The molecule has 0 bridgehead atoms. The third kappa shape index (κ3) is 4.78. The van der Waals surface area contributed by atoms with Gasteiger partial charge in [-0.15, -0.1) is 0 Å². The van der Waals surface area contributed by atoms with Crippen molar-refractivity contribution in [3.63, 3.8) is 0 Å². The average Bonchev–Trinajstić information content (AvgIpc) is 2.66. The van der Waals surface area contributed by atoms with E-state index in [2.05, 4.69) is 5.32 Å². The number of benzene rings is 2. The van der Waals surface area contributed by atoms with Gasteiger partial charge in [-0.3, -0.25) is 4.79 Å². The number of amides is 1. The predicted molar refractivity (Wildman–Crippen MR) is 100 cm³/mol. The van der Waals surface area contributed by atoms with Crippen LogP contribution in [-0.4, -0.2) is 38.3 Å². The molecule has 1 amide bonds. The highest BCUT2D eigenvalue weighted by Gasteiger charge is 2.16. The number of hydrogen-bond donors (Lipinski definition) is 2. The predicted octanol–water partition coefficient (Wildman–Crippen LogP) is 2.88. The monoisotopic (exact) mass is 371 g/mol. The van der Waals surface area contributed by atoms with Gasteiger partial charge in [-0.1, -0.05) is 17.7 Å². The minimum atomic E-state index is -1.27. The number of hydrogen-bond acceptors (Lipinski definition) is 5. The molecule has 0 unspecified atom stereocenters. The van der Waals surface area contributed by atoms with Crippen LogP contribution in [0.1, 0.15) is 21.5 Å². The molecule has 2 rings (SSSR count). The molecule has 7 nitrogen and oxygen atoms in total. The highest BCUT2D eigenvalue weighted by molar-refractivity contribution is 6.02. The number of aliphatic carboxylic acids is 1. The summed E-state index contributed by atoms with van der Waals surface area (Å²) in [5.41, 5.74) is 1.54. The Morgan fingerprint density at radius 1 is 0.963 bits per heavy atom. The van der Waals surface area contributed by atoms with Crippen LogP contribution in [0, 0.1) is 6.92 Å². The molecule has 0 aliphatic heterocycles. The zero-order valence-electron chi connectivity index (χ0n) is 15.5. The Balaban J connectivity index is 2.38. The maximum absolute atomic E-state index is 12.3. The van der Waals surface area contributed by atoms with Crippen molar-refractivity contribution in [3.05, 3.63) is 58.8 Å². The molecule has 27 heavy (non-hydrogen) atoms. The second-order valence-electron chi connectivity index (χ2n) is 5.64. The minimum absolute atomic E-state index is 0.283. The largest absolute Gasteiger partial charge is 0.493 e. The Bertz CT molecular complexity index is 846. The van der Waals surface area contributed by atoms with Crippen LogP contribution in [0.5, 0.6) is 17.2 Å². The summed E-state index contributed by atoms with van der Waals surface area (Å²) in [6.45, 7) is 1.90. The molecular weight excluding hydrogens is 350 g/mol. The normalized spacial score (nSPS) is 10.9. The molecule has 7 heteroatoms. The van der Waals surface area contributed by atoms with Crippen molar-refractivity contribution in [2.24, 2.45) is 0 Å². The first-order valence-electron chi connectivity index (χ1n) is 8.02. The van der Waals surface area contributed by atoms with E-state index in [0.29, 0.717) is 28.4 Å². The zero-order chi connectivity index (χ0) is 20.0. The van der Waals surface area contributed by atoms with Gasteiger partial charge in [0, 0.05) is 5.56 Å². The lowest BCUT2D eigenvalue weighted by atomic mass is 10.1. The fraction of sp³-hybridized carbons (Fsp3) is 0.200. The lowest BCUT2D eigenvalue weighted by Crippen LogP contribution is -2.27. The van der Waals surface area contributed by atoms with Gasteiger partial charge in [0.15, 0.2) is 11.5 Å². The van der Waals surface area contributed by atoms with Crippen LogP contribution in [0.15, 0.2) is 42.1 Å². The van der Waals surface area contributed by atoms with Gasteiger partial charge in [0.1, 0.15) is 5.70 Å². The van der Waals surface area contributed by atoms with Gasteiger partial charge < -0.3 is 24.6 Å². The van der Waals surface area contributed by atoms with E-state index in [4.69, 9.17) is 14.2 Å². The molecule has 2 aromatic rings. The lowest BCUT2D eigenvalue weighted by molar-refractivity contribution is -0.132. The van der Waals surface area contributed by atoms with E-state index in [-0.39, 0.29) is 5.70 Å². The van der Waals surface area contributed by atoms with Crippen LogP contribution >= 0.6 is 0 Å². The fourth-order valence-electron chi connectivity index (χ4n) is 2.40. The molecule has 0 spiro atoms. The van der Waals surface area contributed by atoms with E-state index in [1.165, 1.54) is 27.4 Å². The summed E-state index contributed by atoms with van der Waals surface area (Å²) >= 11 is 0. The van der Waals surface area contributed by atoms with Gasteiger partial charge in [-0.05, 0) is 42.8 Å².